The summed E-state index contributed by atoms with van der Waals surface area (Å²) in [5.41, 5.74) is 3.69. The molecule has 0 unspecified atom stereocenters. The van der Waals surface area contributed by atoms with E-state index in [0.717, 1.165) is 40.5 Å². The molecule has 3 heterocycles. The van der Waals surface area contributed by atoms with Crippen molar-refractivity contribution in [1.82, 2.24) is 24.1 Å². The van der Waals surface area contributed by atoms with Crippen LogP contribution in [0.2, 0.25) is 0 Å². The Hall–Kier alpha value is -2.44. The van der Waals surface area contributed by atoms with E-state index in [1.807, 2.05) is 30.0 Å². The maximum absolute atomic E-state index is 13.6. The van der Waals surface area contributed by atoms with Crippen molar-refractivity contribution in [2.45, 2.75) is 26.9 Å². The molecule has 0 aliphatic carbocycles. The molecule has 142 valence electrons. The Balaban J connectivity index is 0.00000131. The molecule has 0 fully saturated rings. The van der Waals surface area contributed by atoms with Crippen LogP contribution in [0.25, 0.3) is 22.4 Å². The zero-order valence-corrected chi connectivity index (χ0v) is 16.6. The molecule has 0 aliphatic rings. The van der Waals surface area contributed by atoms with Crippen LogP contribution in [-0.4, -0.2) is 24.1 Å². The zero-order chi connectivity index (χ0) is 17.4. The Morgan fingerprint density at radius 2 is 1.93 bits per heavy atom. The molecule has 8 heteroatoms. The van der Waals surface area contributed by atoms with Gasteiger partial charge in [0.15, 0.2) is 0 Å². The van der Waals surface area contributed by atoms with Crippen LogP contribution in [0.4, 0.5) is 4.39 Å². The first-order chi connectivity index (χ1) is 12.2. The molecule has 0 saturated heterocycles. The summed E-state index contributed by atoms with van der Waals surface area (Å²) in [6.45, 7) is 5.46. The second-order valence-electron chi connectivity index (χ2n) is 5.98. The molecule has 4 rings (SSSR count). The number of halogens is 3. The standard InChI is InChI=1S/C19H18FN5.2ClH/c1-3-25-17-9-13(2)22-11-16(17)23-18(25)12-24-8-7-21-19(24)14-5-4-6-15(20)10-14;;/h4-11H,3,12H2,1-2H3;2*1H. The molecule has 0 N–H and O–H groups in total. The van der Waals surface area contributed by atoms with Gasteiger partial charge in [-0.25, -0.2) is 14.4 Å². The Bertz CT molecular complexity index is 1060. The lowest BCUT2D eigenvalue weighted by atomic mass is 10.2. The number of fused-ring (bicyclic) bond motifs is 1. The molecule has 4 aromatic rings. The van der Waals surface area contributed by atoms with Crippen LogP contribution in [0.1, 0.15) is 18.4 Å². The number of hydrogen-bond donors (Lipinski definition) is 0. The number of aromatic nitrogens is 5. The highest BCUT2D eigenvalue weighted by atomic mass is 35.5. The van der Waals surface area contributed by atoms with Gasteiger partial charge in [0, 0.05) is 30.2 Å². The fraction of sp³-hybridized carbons (Fsp3) is 0.211. The largest absolute Gasteiger partial charge is 0.327 e. The number of rotatable bonds is 4. The molecule has 1 aromatic carbocycles. The van der Waals surface area contributed by atoms with Gasteiger partial charge in [-0.15, -0.1) is 24.8 Å². The Kier molecular flexibility index (Phi) is 6.57. The van der Waals surface area contributed by atoms with E-state index < -0.39 is 0 Å². The highest BCUT2D eigenvalue weighted by Gasteiger charge is 2.13. The topological polar surface area (TPSA) is 48.5 Å². The van der Waals surface area contributed by atoms with E-state index in [0.29, 0.717) is 6.54 Å². The fourth-order valence-electron chi connectivity index (χ4n) is 3.13. The normalized spacial score (nSPS) is 10.5. The lowest BCUT2D eigenvalue weighted by Crippen LogP contribution is -2.08. The lowest BCUT2D eigenvalue weighted by molar-refractivity contribution is 0.627. The quantitative estimate of drug-likeness (QED) is 0.494. The summed E-state index contributed by atoms with van der Waals surface area (Å²) in [6.07, 6.45) is 5.43. The van der Waals surface area contributed by atoms with Gasteiger partial charge in [0.05, 0.1) is 18.3 Å². The highest BCUT2D eigenvalue weighted by Crippen LogP contribution is 2.21. The van der Waals surface area contributed by atoms with Crippen molar-refractivity contribution < 1.29 is 4.39 Å². The van der Waals surface area contributed by atoms with E-state index >= 15 is 0 Å². The Morgan fingerprint density at radius 3 is 2.67 bits per heavy atom. The Labute approximate surface area is 169 Å². The second kappa shape index (κ2) is 8.50. The number of benzene rings is 1. The first-order valence-corrected chi connectivity index (χ1v) is 8.24. The van der Waals surface area contributed by atoms with Gasteiger partial charge >= 0.3 is 0 Å². The fourth-order valence-corrected chi connectivity index (χ4v) is 3.13. The van der Waals surface area contributed by atoms with Gasteiger partial charge in [0.25, 0.3) is 0 Å². The van der Waals surface area contributed by atoms with Gasteiger partial charge in [-0.3, -0.25) is 4.98 Å². The van der Waals surface area contributed by atoms with E-state index in [2.05, 4.69) is 27.5 Å². The average molecular weight is 408 g/mol. The maximum Gasteiger partial charge on any atom is 0.140 e. The minimum Gasteiger partial charge on any atom is -0.327 e. The van der Waals surface area contributed by atoms with Gasteiger partial charge in [-0.1, -0.05) is 12.1 Å². The van der Waals surface area contributed by atoms with Gasteiger partial charge in [-0.2, -0.15) is 0 Å². The zero-order valence-electron chi connectivity index (χ0n) is 15.0. The predicted molar refractivity (Wildman–Crippen MR) is 109 cm³/mol. The molecule has 0 spiro atoms. The molecular weight excluding hydrogens is 388 g/mol. The number of aryl methyl sites for hydroxylation is 2. The van der Waals surface area contributed by atoms with Crippen molar-refractivity contribution in [1.29, 1.82) is 0 Å². The Morgan fingerprint density at radius 1 is 1.11 bits per heavy atom. The smallest absolute Gasteiger partial charge is 0.140 e. The molecule has 0 aliphatic heterocycles. The van der Waals surface area contributed by atoms with E-state index in [4.69, 9.17) is 4.98 Å². The molecule has 27 heavy (non-hydrogen) atoms. The van der Waals surface area contributed by atoms with Crippen molar-refractivity contribution in [3.05, 3.63) is 66.3 Å². The summed E-state index contributed by atoms with van der Waals surface area (Å²) in [5, 5.41) is 0. The molecule has 5 nitrogen and oxygen atoms in total. The van der Waals surface area contributed by atoms with Crippen molar-refractivity contribution in [3.63, 3.8) is 0 Å². The van der Waals surface area contributed by atoms with E-state index in [1.165, 1.54) is 12.1 Å². The first kappa shape index (κ1) is 20.9. The summed E-state index contributed by atoms with van der Waals surface area (Å²) in [5.74, 6) is 1.39. The highest BCUT2D eigenvalue weighted by molar-refractivity contribution is 5.85. The third kappa shape index (κ3) is 3.96. The van der Waals surface area contributed by atoms with E-state index in [9.17, 15) is 4.39 Å². The van der Waals surface area contributed by atoms with Crippen LogP contribution in [0.3, 0.4) is 0 Å². The third-order valence-electron chi connectivity index (χ3n) is 4.28. The minimum atomic E-state index is -0.269. The molecule has 0 atom stereocenters. The molecular formula is C19H20Cl2FN5. The average Bonchev–Trinajstić information content (AvgIpc) is 3.19. The van der Waals surface area contributed by atoms with Crippen LogP contribution in [0.5, 0.6) is 0 Å². The van der Waals surface area contributed by atoms with Crippen LogP contribution in [0, 0.1) is 12.7 Å². The van der Waals surface area contributed by atoms with Crippen molar-refractivity contribution in [2.75, 3.05) is 0 Å². The van der Waals surface area contributed by atoms with Gasteiger partial charge in [0.2, 0.25) is 0 Å². The summed E-state index contributed by atoms with van der Waals surface area (Å²) in [7, 11) is 0. The minimum absolute atomic E-state index is 0. The molecule has 0 bridgehead atoms. The molecule has 0 saturated carbocycles. The van der Waals surface area contributed by atoms with Crippen molar-refractivity contribution in [3.8, 4) is 11.4 Å². The number of nitrogens with zero attached hydrogens (tertiary/aromatic N) is 5. The summed E-state index contributed by atoms with van der Waals surface area (Å²) in [4.78, 5) is 13.5. The van der Waals surface area contributed by atoms with Gasteiger partial charge < -0.3 is 9.13 Å². The predicted octanol–water partition coefficient (Wildman–Crippen LogP) is 4.65. The molecule has 3 aromatic heterocycles. The van der Waals surface area contributed by atoms with Gasteiger partial charge in [-0.05, 0) is 32.0 Å². The first-order valence-electron chi connectivity index (χ1n) is 8.24. The number of imidazole rings is 2. The van der Waals surface area contributed by atoms with Gasteiger partial charge in [0.1, 0.15) is 23.0 Å². The third-order valence-corrected chi connectivity index (χ3v) is 4.28. The monoisotopic (exact) mass is 407 g/mol. The van der Waals surface area contributed by atoms with Crippen molar-refractivity contribution >= 4 is 35.8 Å². The second-order valence-corrected chi connectivity index (χ2v) is 5.98. The summed E-state index contributed by atoms with van der Waals surface area (Å²) >= 11 is 0. The van der Waals surface area contributed by atoms with Crippen LogP contribution >= 0.6 is 24.8 Å². The number of pyridine rings is 1. The van der Waals surface area contributed by atoms with Crippen LogP contribution in [0.15, 0.2) is 48.9 Å². The maximum atomic E-state index is 13.6. The van der Waals surface area contributed by atoms with E-state index in [-0.39, 0.29) is 30.6 Å². The summed E-state index contributed by atoms with van der Waals surface area (Å²) in [6, 6.07) is 8.53. The summed E-state index contributed by atoms with van der Waals surface area (Å²) < 4.78 is 17.7. The molecule has 0 amide bonds. The number of hydrogen-bond acceptors (Lipinski definition) is 3. The van der Waals surface area contributed by atoms with Crippen molar-refractivity contribution in [2.24, 2.45) is 0 Å². The van der Waals surface area contributed by atoms with Crippen LogP contribution < -0.4 is 0 Å². The SMILES string of the molecule is CCn1c(Cn2ccnc2-c2cccc(F)c2)nc2cnc(C)cc21.Cl.Cl. The molecule has 0 radical (unpaired) electrons. The van der Waals surface area contributed by atoms with E-state index in [1.54, 1.807) is 12.3 Å². The van der Waals surface area contributed by atoms with Crippen LogP contribution in [-0.2, 0) is 13.1 Å². The lowest BCUT2D eigenvalue weighted by Gasteiger charge is -2.10.